The Kier molecular flexibility index (Phi) is 6.22. The Morgan fingerprint density at radius 1 is 1.00 bits per heavy atom. The summed E-state index contributed by atoms with van der Waals surface area (Å²) >= 11 is 0. The summed E-state index contributed by atoms with van der Waals surface area (Å²) in [7, 11) is 0. The van der Waals surface area contributed by atoms with Crippen LogP contribution in [-0.4, -0.2) is 103 Å². The lowest BCUT2D eigenvalue weighted by Crippen LogP contribution is -2.49. The molecule has 0 aromatic carbocycles. The van der Waals surface area contributed by atoms with Crippen molar-refractivity contribution in [1.29, 1.82) is 0 Å². The molecule has 0 saturated carbocycles. The molecule has 0 aliphatic carbocycles. The number of anilines is 2. The predicted octanol–water partition coefficient (Wildman–Crippen LogP) is 1.04. The van der Waals surface area contributed by atoms with Gasteiger partial charge in [0.1, 0.15) is 11.3 Å². The second kappa shape index (κ2) is 9.41. The molecule has 1 atom stereocenters. The number of carbonyl (C=O) groups excluding carboxylic acids is 1. The molecule has 1 amide bonds. The molecule has 3 fully saturated rings. The molecule has 0 N–H and O–H groups in total. The molecule has 0 radical (unpaired) electrons. The van der Waals surface area contributed by atoms with Crippen LogP contribution in [0, 0.1) is 6.92 Å². The summed E-state index contributed by atoms with van der Waals surface area (Å²) in [6.07, 6.45) is 4.29. The van der Waals surface area contributed by atoms with Crippen molar-refractivity contribution in [2.45, 2.75) is 25.9 Å². The first-order valence-corrected chi connectivity index (χ1v) is 11.6. The van der Waals surface area contributed by atoms with Crippen LogP contribution < -0.4 is 9.80 Å². The largest absolute Gasteiger partial charge is 0.377 e. The van der Waals surface area contributed by atoms with Crippen molar-refractivity contribution in [2.24, 2.45) is 0 Å². The highest BCUT2D eigenvalue weighted by atomic mass is 16.5. The van der Waals surface area contributed by atoms with Crippen LogP contribution in [0.5, 0.6) is 0 Å². The topological polar surface area (TPSA) is 91.1 Å². The predicted molar refractivity (Wildman–Crippen MR) is 119 cm³/mol. The summed E-state index contributed by atoms with van der Waals surface area (Å²) in [5.41, 5.74) is 0.540. The van der Waals surface area contributed by atoms with Gasteiger partial charge < -0.3 is 24.0 Å². The summed E-state index contributed by atoms with van der Waals surface area (Å²) < 4.78 is 10.8. The lowest BCUT2D eigenvalue weighted by atomic mass is 10.2. The van der Waals surface area contributed by atoms with E-state index in [9.17, 15) is 4.79 Å². The van der Waals surface area contributed by atoms with Crippen LogP contribution in [0.2, 0.25) is 0 Å². The van der Waals surface area contributed by atoms with E-state index in [0.29, 0.717) is 30.5 Å². The normalized spacial score (nSPS) is 22.5. The highest BCUT2D eigenvalue weighted by molar-refractivity contribution is 5.94. The minimum absolute atomic E-state index is 0.0246. The number of rotatable bonds is 5. The molecule has 0 bridgehead atoms. The molecule has 5 heterocycles. The first kappa shape index (κ1) is 21.1. The molecule has 10 heteroatoms. The Bertz CT molecular complexity index is 897. The average molecular weight is 442 g/mol. The van der Waals surface area contributed by atoms with Gasteiger partial charge in [0.05, 0.1) is 12.3 Å². The standard InChI is InChI=1S/C22H31N7O3/c1-17-19(15-23-32-17)22(30)29-12-10-28(11-13-29)21-5-4-20(24-25-21)27-8-6-26(7-9-27)16-18-3-2-14-31-18/h4-5,15,18H,2-3,6-14,16H2,1H3. The molecule has 3 aliphatic heterocycles. The van der Waals surface area contributed by atoms with E-state index >= 15 is 0 Å². The van der Waals surface area contributed by atoms with Crippen LogP contribution in [-0.2, 0) is 4.74 Å². The minimum Gasteiger partial charge on any atom is -0.377 e. The van der Waals surface area contributed by atoms with E-state index in [1.807, 2.05) is 11.0 Å². The molecule has 10 nitrogen and oxygen atoms in total. The molecule has 2 aromatic heterocycles. The maximum Gasteiger partial charge on any atom is 0.259 e. The van der Waals surface area contributed by atoms with Crippen LogP contribution in [0.1, 0.15) is 29.0 Å². The smallest absolute Gasteiger partial charge is 0.259 e. The highest BCUT2D eigenvalue weighted by Crippen LogP contribution is 2.20. The van der Waals surface area contributed by atoms with Crippen LogP contribution in [0.25, 0.3) is 0 Å². The molecular weight excluding hydrogens is 410 g/mol. The van der Waals surface area contributed by atoms with Gasteiger partial charge in [0.2, 0.25) is 0 Å². The Balaban J connectivity index is 1.11. The number of hydrogen-bond acceptors (Lipinski definition) is 9. The minimum atomic E-state index is -0.0246. The summed E-state index contributed by atoms with van der Waals surface area (Å²) in [5, 5.41) is 12.7. The van der Waals surface area contributed by atoms with Gasteiger partial charge in [0.15, 0.2) is 11.6 Å². The Morgan fingerprint density at radius 3 is 2.19 bits per heavy atom. The van der Waals surface area contributed by atoms with E-state index in [2.05, 4.69) is 36.1 Å². The number of aromatic nitrogens is 3. The third-order valence-corrected chi connectivity index (χ3v) is 6.69. The van der Waals surface area contributed by atoms with Gasteiger partial charge in [0, 0.05) is 65.5 Å². The van der Waals surface area contributed by atoms with Crippen LogP contribution in [0.4, 0.5) is 11.6 Å². The second-order valence-electron chi connectivity index (χ2n) is 8.75. The maximum atomic E-state index is 12.6. The molecule has 3 saturated heterocycles. The molecular formula is C22H31N7O3. The second-order valence-corrected chi connectivity index (χ2v) is 8.75. The van der Waals surface area contributed by atoms with E-state index in [4.69, 9.17) is 9.26 Å². The fourth-order valence-electron chi connectivity index (χ4n) is 4.70. The summed E-state index contributed by atoms with van der Waals surface area (Å²) in [5.74, 6) is 2.33. The molecule has 3 aliphatic rings. The van der Waals surface area contributed by atoms with Crippen molar-refractivity contribution in [3.63, 3.8) is 0 Å². The van der Waals surface area contributed by atoms with Gasteiger partial charge in [-0.25, -0.2) is 0 Å². The first-order valence-electron chi connectivity index (χ1n) is 11.6. The van der Waals surface area contributed by atoms with Gasteiger partial charge in [0.25, 0.3) is 5.91 Å². The Hall–Kier alpha value is -2.72. The number of ether oxygens (including phenoxy) is 1. The van der Waals surface area contributed by atoms with Gasteiger partial charge in [-0.1, -0.05) is 5.16 Å². The number of amides is 1. The van der Waals surface area contributed by atoms with Gasteiger partial charge in [-0.05, 0) is 31.9 Å². The van der Waals surface area contributed by atoms with Crippen LogP contribution >= 0.6 is 0 Å². The zero-order chi connectivity index (χ0) is 21.9. The lowest BCUT2D eigenvalue weighted by molar-refractivity contribution is 0.0712. The SMILES string of the molecule is Cc1oncc1C(=O)N1CCN(c2ccc(N3CCN(CC4CCCO4)CC3)nn2)CC1. The summed E-state index contributed by atoms with van der Waals surface area (Å²) in [6, 6.07) is 4.11. The molecule has 0 spiro atoms. The fraction of sp³-hybridized carbons (Fsp3) is 0.636. The van der Waals surface area contributed by atoms with Gasteiger partial charge in [-0.2, -0.15) is 0 Å². The van der Waals surface area contributed by atoms with Crippen molar-refractivity contribution < 1.29 is 14.1 Å². The summed E-state index contributed by atoms with van der Waals surface area (Å²) in [6.45, 7) is 10.4. The monoisotopic (exact) mass is 441 g/mol. The van der Waals surface area contributed by atoms with E-state index in [-0.39, 0.29) is 5.91 Å². The number of piperazine rings is 2. The Labute approximate surface area is 188 Å². The van der Waals surface area contributed by atoms with E-state index in [1.54, 1.807) is 6.92 Å². The quantitative estimate of drug-likeness (QED) is 0.675. The third-order valence-electron chi connectivity index (χ3n) is 6.69. The van der Waals surface area contributed by atoms with Crippen LogP contribution in [0.3, 0.4) is 0 Å². The first-order chi connectivity index (χ1) is 15.7. The molecule has 5 rings (SSSR count). The Morgan fingerprint density at radius 2 is 1.66 bits per heavy atom. The van der Waals surface area contributed by atoms with Crippen molar-refractivity contribution in [3.05, 3.63) is 29.7 Å². The number of aryl methyl sites for hydroxylation is 1. The molecule has 2 aromatic rings. The van der Waals surface area contributed by atoms with Gasteiger partial charge >= 0.3 is 0 Å². The van der Waals surface area contributed by atoms with Crippen LogP contribution in [0.15, 0.2) is 22.9 Å². The van der Waals surface area contributed by atoms with Crippen molar-refractivity contribution in [3.8, 4) is 0 Å². The zero-order valence-electron chi connectivity index (χ0n) is 18.6. The van der Waals surface area contributed by atoms with E-state index in [0.717, 1.165) is 64.1 Å². The highest BCUT2D eigenvalue weighted by Gasteiger charge is 2.26. The van der Waals surface area contributed by atoms with Crippen molar-refractivity contribution in [1.82, 2.24) is 25.2 Å². The molecule has 1 unspecified atom stereocenters. The maximum absolute atomic E-state index is 12.6. The molecule has 172 valence electrons. The fourth-order valence-corrected chi connectivity index (χ4v) is 4.70. The number of nitrogens with zero attached hydrogens (tertiary/aromatic N) is 7. The lowest BCUT2D eigenvalue weighted by Gasteiger charge is -2.37. The van der Waals surface area contributed by atoms with Crippen molar-refractivity contribution >= 4 is 17.5 Å². The summed E-state index contributed by atoms with van der Waals surface area (Å²) in [4.78, 5) is 21.5. The van der Waals surface area contributed by atoms with E-state index in [1.165, 1.54) is 19.0 Å². The number of hydrogen-bond donors (Lipinski definition) is 0. The van der Waals surface area contributed by atoms with Gasteiger partial charge in [-0.15, -0.1) is 10.2 Å². The van der Waals surface area contributed by atoms with Gasteiger partial charge in [-0.3, -0.25) is 9.69 Å². The van der Waals surface area contributed by atoms with Crippen molar-refractivity contribution in [2.75, 3.05) is 75.3 Å². The average Bonchev–Trinajstić information content (AvgIpc) is 3.51. The third kappa shape index (κ3) is 4.56. The number of carbonyl (C=O) groups is 1. The zero-order valence-corrected chi connectivity index (χ0v) is 18.6. The molecule has 32 heavy (non-hydrogen) atoms. The van der Waals surface area contributed by atoms with E-state index < -0.39 is 0 Å².